The van der Waals surface area contributed by atoms with E-state index in [1.165, 1.54) is 0 Å². The number of ketones is 1. The van der Waals surface area contributed by atoms with Crippen molar-refractivity contribution in [3.05, 3.63) is 29.1 Å². The molecule has 0 aromatic heterocycles. The molecule has 0 spiro atoms. The van der Waals surface area contributed by atoms with Crippen molar-refractivity contribution in [3.8, 4) is 11.8 Å². The standard InChI is InChI=1S/C9H5BrFNO2/c10-3-9(14)6-2-8(13)5(4-12)1-7(6)11/h1-2,13H,3H2. The van der Waals surface area contributed by atoms with E-state index in [9.17, 15) is 14.3 Å². The molecule has 14 heavy (non-hydrogen) atoms. The maximum Gasteiger partial charge on any atom is 0.176 e. The van der Waals surface area contributed by atoms with Crippen LogP contribution in [0.5, 0.6) is 5.75 Å². The summed E-state index contributed by atoms with van der Waals surface area (Å²) in [7, 11) is 0. The summed E-state index contributed by atoms with van der Waals surface area (Å²) in [6.45, 7) is 0. The van der Waals surface area contributed by atoms with Gasteiger partial charge in [0.25, 0.3) is 0 Å². The highest BCUT2D eigenvalue weighted by molar-refractivity contribution is 9.09. The van der Waals surface area contributed by atoms with E-state index in [4.69, 9.17) is 5.26 Å². The van der Waals surface area contributed by atoms with Gasteiger partial charge in [-0.3, -0.25) is 4.79 Å². The normalized spacial score (nSPS) is 9.50. The number of hydrogen-bond acceptors (Lipinski definition) is 3. The third-order valence-corrected chi connectivity index (χ3v) is 2.14. The van der Waals surface area contributed by atoms with E-state index in [2.05, 4.69) is 15.9 Å². The second-order valence-corrected chi connectivity index (χ2v) is 3.08. The molecule has 5 heteroatoms. The lowest BCUT2D eigenvalue weighted by Gasteiger charge is -2.02. The van der Waals surface area contributed by atoms with Crippen LogP contribution in [0.2, 0.25) is 0 Å². The lowest BCUT2D eigenvalue weighted by molar-refractivity contribution is 0.101. The Morgan fingerprint density at radius 1 is 1.64 bits per heavy atom. The van der Waals surface area contributed by atoms with Gasteiger partial charge in [-0.1, -0.05) is 15.9 Å². The van der Waals surface area contributed by atoms with E-state index in [0.717, 1.165) is 12.1 Å². The summed E-state index contributed by atoms with van der Waals surface area (Å²) < 4.78 is 13.2. The number of aromatic hydroxyl groups is 1. The summed E-state index contributed by atoms with van der Waals surface area (Å²) in [6.07, 6.45) is 0. The second-order valence-electron chi connectivity index (χ2n) is 2.52. The Balaban J connectivity index is 3.30. The van der Waals surface area contributed by atoms with Crippen LogP contribution in [0, 0.1) is 17.1 Å². The molecule has 1 N–H and O–H groups in total. The number of Topliss-reactive ketones (excluding diaryl/α,β-unsaturated/α-hetero) is 1. The Morgan fingerprint density at radius 2 is 2.29 bits per heavy atom. The molecule has 0 saturated carbocycles. The summed E-state index contributed by atoms with van der Waals surface area (Å²) in [6, 6.07) is 3.40. The molecule has 0 saturated heterocycles. The van der Waals surface area contributed by atoms with Gasteiger partial charge in [0.05, 0.1) is 16.5 Å². The number of carbonyl (C=O) groups excluding carboxylic acids is 1. The fourth-order valence-corrected chi connectivity index (χ4v) is 1.24. The molecule has 0 bridgehead atoms. The molecular weight excluding hydrogens is 253 g/mol. The average molecular weight is 258 g/mol. The number of halogens is 2. The van der Waals surface area contributed by atoms with Crippen LogP contribution in [0.1, 0.15) is 15.9 Å². The van der Waals surface area contributed by atoms with Crippen LogP contribution >= 0.6 is 15.9 Å². The molecular formula is C9H5BrFNO2. The molecule has 0 unspecified atom stereocenters. The van der Waals surface area contributed by atoms with E-state index in [1.54, 1.807) is 6.07 Å². The minimum atomic E-state index is -0.802. The number of nitriles is 1. The first kappa shape index (κ1) is 10.7. The highest BCUT2D eigenvalue weighted by Crippen LogP contribution is 2.21. The van der Waals surface area contributed by atoms with Crippen molar-refractivity contribution in [2.24, 2.45) is 0 Å². The largest absolute Gasteiger partial charge is 0.507 e. The van der Waals surface area contributed by atoms with Gasteiger partial charge in [0.15, 0.2) is 5.78 Å². The molecule has 1 rings (SSSR count). The van der Waals surface area contributed by atoms with Gasteiger partial charge in [-0.15, -0.1) is 0 Å². The first-order chi connectivity index (χ1) is 6.60. The Bertz CT molecular complexity index is 426. The van der Waals surface area contributed by atoms with E-state index >= 15 is 0 Å². The number of alkyl halides is 1. The lowest BCUT2D eigenvalue weighted by atomic mass is 10.1. The fourth-order valence-electron chi connectivity index (χ4n) is 0.937. The van der Waals surface area contributed by atoms with Gasteiger partial charge in [-0.2, -0.15) is 5.26 Å². The molecule has 0 aliphatic heterocycles. The minimum absolute atomic E-state index is 0.0325. The smallest absolute Gasteiger partial charge is 0.176 e. The molecule has 0 atom stereocenters. The molecule has 0 fully saturated rings. The van der Waals surface area contributed by atoms with Crippen molar-refractivity contribution in [2.75, 3.05) is 5.33 Å². The number of carbonyl (C=O) groups is 1. The van der Waals surface area contributed by atoms with Gasteiger partial charge < -0.3 is 5.11 Å². The van der Waals surface area contributed by atoms with E-state index in [0.29, 0.717) is 0 Å². The molecule has 0 heterocycles. The van der Waals surface area contributed by atoms with Crippen molar-refractivity contribution in [1.29, 1.82) is 5.26 Å². The Morgan fingerprint density at radius 3 is 2.79 bits per heavy atom. The van der Waals surface area contributed by atoms with Crippen LogP contribution in [0.15, 0.2) is 12.1 Å². The maximum absolute atomic E-state index is 13.2. The lowest BCUT2D eigenvalue weighted by Crippen LogP contribution is -2.03. The van der Waals surface area contributed by atoms with Crippen LogP contribution in [-0.2, 0) is 0 Å². The van der Waals surface area contributed by atoms with Gasteiger partial charge >= 0.3 is 0 Å². The van der Waals surface area contributed by atoms with Gasteiger partial charge in [0, 0.05) is 0 Å². The predicted molar refractivity (Wildman–Crippen MR) is 50.9 cm³/mol. The first-order valence-electron chi connectivity index (χ1n) is 3.62. The molecule has 72 valence electrons. The van der Waals surface area contributed by atoms with Crippen LogP contribution in [0.25, 0.3) is 0 Å². The van der Waals surface area contributed by atoms with Crippen LogP contribution in [0.3, 0.4) is 0 Å². The first-order valence-corrected chi connectivity index (χ1v) is 4.74. The molecule has 0 aliphatic carbocycles. The van der Waals surface area contributed by atoms with E-state index in [1.807, 2.05) is 0 Å². The van der Waals surface area contributed by atoms with Gasteiger partial charge in [-0.25, -0.2) is 4.39 Å². The number of nitrogens with zero attached hydrogens (tertiary/aromatic N) is 1. The summed E-state index contributed by atoms with van der Waals surface area (Å²) in [4.78, 5) is 11.1. The third kappa shape index (κ3) is 1.91. The second kappa shape index (κ2) is 4.20. The number of benzene rings is 1. The number of rotatable bonds is 2. The van der Waals surface area contributed by atoms with Crippen LogP contribution in [-0.4, -0.2) is 16.2 Å². The molecule has 0 radical (unpaired) electrons. The molecule has 3 nitrogen and oxygen atoms in total. The quantitative estimate of drug-likeness (QED) is 0.651. The third-order valence-electron chi connectivity index (χ3n) is 1.63. The highest BCUT2D eigenvalue weighted by atomic mass is 79.9. The summed E-state index contributed by atoms with van der Waals surface area (Å²) in [5.41, 5.74) is -0.410. The van der Waals surface area contributed by atoms with Crippen molar-refractivity contribution < 1.29 is 14.3 Å². The molecule has 1 aromatic carbocycles. The van der Waals surface area contributed by atoms with Crippen LogP contribution in [0.4, 0.5) is 4.39 Å². The SMILES string of the molecule is N#Cc1cc(F)c(C(=O)CBr)cc1O. The Kier molecular flexibility index (Phi) is 3.20. The Labute approximate surface area is 87.9 Å². The Hall–Kier alpha value is -1.41. The van der Waals surface area contributed by atoms with E-state index < -0.39 is 17.3 Å². The van der Waals surface area contributed by atoms with Crippen LogP contribution < -0.4 is 0 Å². The summed E-state index contributed by atoms with van der Waals surface area (Å²) in [5, 5.41) is 17.6. The van der Waals surface area contributed by atoms with Gasteiger partial charge in [0.1, 0.15) is 17.6 Å². The van der Waals surface area contributed by atoms with E-state index in [-0.39, 0.29) is 16.5 Å². The molecule has 0 aliphatic rings. The zero-order valence-electron chi connectivity index (χ0n) is 6.92. The monoisotopic (exact) mass is 257 g/mol. The topological polar surface area (TPSA) is 61.1 Å². The van der Waals surface area contributed by atoms with Crippen molar-refractivity contribution in [3.63, 3.8) is 0 Å². The van der Waals surface area contributed by atoms with Crippen molar-refractivity contribution >= 4 is 21.7 Å². The highest BCUT2D eigenvalue weighted by Gasteiger charge is 2.14. The fraction of sp³-hybridized carbons (Fsp3) is 0.111. The van der Waals surface area contributed by atoms with Gasteiger partial charge in [0.2, 0.25) is 0 Å². The van der Waals surface area contributed by atoms with Crippen molar-refractivity contribution in [1.82, 2.24) is 0 Å². The van der Waals surface area contributed by atoms with Gasteiger partial charge in [-0.05, 0) is 12.1 Å². The summed E-state index contributed by atoms with van der Waals surface area (Å²) >= 11 is 2.88. The predicted octanol–water partition coefficient (Wildman–Crippen LogP) is 1.98. The number of hydrogen-bond donors (Lipinski definition) is 1. The minimum Gasteiger partial charge on any atom is -0.507 e. The number of phenols is 1. The zero-order chi connectivity index (χ0) is 10.7. The van der Waals surface area contributed by atoms with Crippen molar-refractivity contribution in [2.45, 2.75) is 0 Å². The maximum atomic E-state index is 13.2. The average Bonchev–Trinajstić information content (AvgIpc) is 2.19. The molecule has 0 amide bonds. The number of phenolic OH excluding ortho intramolecular Hbond substituents is 1. The summed E-state index contributed by atoms with van der Waals surface area (Å²) in [5.74, 6) is -1.68. The molecule has 1 aromatic rings. The zero-order valence-corrected chi connectivity index (χ0v) is 8.51.